The highest BCUT2D eigenvalue weighted by molar-refractivity contribution is 5.97. The summed E-state index contributed by atoms with van der Waals surface area (Å²) in [4.78, 5) is 13.6. The average Bonchev–Trinajstić information content (AvgIpc) is 3.64. The first-order valence-corrected chi connectivity index (χ1v) is 17.8. The second kappa shape index (κ2) is 17.1. The lowest BCUT2D eigenvalue weighted by Gasteiger charge is -2.20. The molecule has 2 aliphatic rings. The third kappa shape index (κ3) is 7.61. The van der Waals surface area contributed by atoms with Crippen molar-refractivity contribution in [3.8, 4) is 56.9 Å². The van der Waals surface area contributed by atoms with Gasteiger partial charge in [-0.05, 0) is 83.6 Å². The van der Waals surface area contributed by atoms with Crippen LogP contribution in [0.3, 0.4) is 0 Å². The molecule has 7 rings (SSSR count). The van der Waals surface area contributed by atoms with E-state index in [4.69, 9.17) is 33.2 Å². The molecule has 5 aromatic rings. The lowest BCUT2D eigenvalue weighted by Crippen LogP contribution is -3.00. The number of esters is 1. The van der Waals surface area contributed by atoms with Crippen molar-refractivity contribution in [1.82, 2.24) is 0 Å². The van der Waals surface area contributed by atoms with E-state index < -0.39 is 0 Å². The zero-order valence-electron chi connectivity index (χ0n) is 30.9. The van der Waals surface area contributed by atoms with Crippen molar-refractivity contribution in [1.29, 1.82) is 0 Å². The van der Waals surface area contributed by atoms with Gasteiger partial charge >= 0.3 is 5.97 Å². The number of nitrogens with zero attached hydrogens (tertiary/aromatic N) is 1. The third-order valence-corrected chi connectivity index (χ3v) is 9.75. The fraction of sp³-hybridized carbons (Fsp3) is 0.273. The molecule has 0 saturated heterocycles. The van der Waals surface area contributed by atoms with Gasteiger partial charge < -0.3 is 50.1 Å². The van der Waals surface area contributed by atoms with Crippen LogP contribution in [0.5, 0.6) is 34.5 Å². The van der Waals surface area contributed by atoms with Crippen molar-refractivity contribution in [3.05, 3.63) is 114 Å². The predicted molar refractivity (Wildman–Crippen MR) is 204 cm³/mol. The first-order chi connectivity index (χ1) is 26.0. The lowest BCUT2D eigenvalue weighted by molar-refractivity contribution is -0.686. The highest BCUT2D eigenvalue weighted by Gasteiger charge is 2.33. The summed E-state index contributed by atoms with van der Waals surface area (Å²) < 4.78 is 42.8. The second-order valence-corrected chi connectivity index (χ2v) is 13.0. The van der Waals surface area contributed by atoms with Gasteiger partial charge in [0.2, 0.25) is 12.5 Å². The molecule has 0 amide bonds. The quantitative estimate of drug-likeness (QED) is 0.0649. The third-order valence-electron chi connectivity index (χ3n) is 9.75. The number of carbonyl (C=O) groups excluding carboxylic acids is 1. The number of ether oxygens (including phenoxy) is 7. The van der Waals surface area contributed by atoms with Crippen molar-refractivity contribution in [2.45, 2.75) is 38.6 Å². The van der Waals surface area contributed by atoms with Gasteiger partial charge in [0.15, 0.2) is 35.7 Å². The van der Waals surface area contributed by atoms with Gasteiger partial charge in [-0.1, -0.05) is 24.3 Å². The molecule has 2 aliphatic heterocycles. The minimum Gasteiger partial charge on any atom is -1.00 e. The monoisotopic (exact) mass is 793 g/mol. The average molecular weight is 795 g/mol. The topological polar surface area (TPSA) is 85.6 Å². The number of methoxy groups -OCH3 is 3. The summed E-state index contributed by atoms with van der Waals surface area (Å²) in [5, 5.41) is 1.75. The van der Waals surface area contributed by atoms with Gasteiger partial charge in [-0.3, -0.25) is 4.79 Å². The number of aromatic nitrogens is 1. The van der Waals surface area contributed by atoms with E-state index in [0.717, 1.165) is 92.0 Å². The number of hydrogen-bond donors (Lipinski definition) is 0. The van der Waals surface area contributed by atoms with Crippen LogP contribution in [0, 0.1) is 0 Å². The smallest absolute Gasteiger partial charge is 0.310 e. The number of hydrogen-bond acceptors (Lipinski definition) is 8. The van der Waals surface area contributed by atoms with Gasteiger partial charge in [0.05, 0.1) is 51.9 Å². The largest absolute Gasteiger partial charge is 1.00 e. The predicted octanol–water partition coefficient (Wildman–Crippen LogP) is 4.79. The molecule has 0 fully saturated rings. The number of fused-ring (bicyclic) bond motifs is 5. The van der Waals surface area contributed by atoms with Crippen LogP contribution in [0.2, 0.25) is 0 Å². The Balaban J connectivity index is 0.00000497. The number of carbonyl (C=O) groups is 1. The van der Waals surface area contributed by atoms with Crippen LogP contribution < -0.4 is 50.0 Å². The van der Waals surface area contributed by atoms with E-state index in [9.17, 15) is 4.79 Å². The molecule has 0 bridgehead atoms. The minimum atomic E-state index is -0.328. The van der Waals surface area contributed by atoms with Crippen LogP contribution in [0.15, 0.2) is 92.2 Å². The first-order valence-electron chi connectivity index (χ1n) is 17.8. The van der Waals surface area contributed by atoms with E-state index in [2.05, 4.69) is 42.1 Å². The Morgan fingerprint density at radius 3 is 2.33 bits per heavy atom. The second-order valence-electron chi connectivity index (χ2n) is 13.0. The zero-order valence-corrected chi connectivity index (χ0v) is 32.5. The van der Waals surface area contributed by atoms with Crippen LogP contribution in [0.4, 0.5) is 0 Å². The summed E-state index contributed by atoms with van der Waals surface area (Å²) >= 11 is 0. The van der Waals surface area contributed by atoms with Gasteiger partial charge in [-0.2, -0.15) is 4.57 Å². The number of benzene rings is 4. The number of pyridine rings is 1. The molecule has 0 aliphatic carbocycles. The summed E-state index contributed by atoms with van der Waals surface area (Å²) in [7, 11) is 4.92. The van der Waals surface area contributed by atoms with Gasteiger partial charge in [0.1, 0.15) is 11.5 Å². The Labute approximate surface area is 326 Å². The number of rotatable bonds is 15. The first kappa shape index (κ1) is 38.3. The molecule has 0 spiro atoms. The fourth-order valence-corrected chi connectivity index (χ4v) is 7.29. The SMILES string of the molecule is C=CCc1ccc(OCCCOC(=O)Cc2c3[n+](cc4c(OC)c(OC)ccc24)CCc2cc4c(cc2-3)OCO4)c(-c2ccc(OC)c(CC=C)c2)c1.[Br-]. The molecule has 0 radical (unpaired) electrons. The molecule has 1 aromatic heterocycles. The number of halogens is 1. The van der Waals surface area contributed by atoms with Crippen LogP contribution in [-0.4, -0.2) is 47.3 Å². The van der Waals surface area contributed by atoms with Gasteiger partial charge in [-0.15, -0.1) is 13.2 Å². The number of aryl methyl sites for hydroxylation is 2. The Bertz CT molecular complexity index is 2210. The van der Waals surface area contributed by atoms with Gasteiger partial charge in [0.25, 0.3) is 0 Å². The van der Waals surface area contributed by atoms with E-state index in [-0.39, 0.29) is 42.8 Å². The minimum absolute atomic E-state index is 0. The van der Waals surface area contributed by atoms with Gasteiger partial charge in [-0.25, -0.2) is 0 Å². The molecule has 10 heteroatoms. The van der Waals surface area contributed by atoms with Crippen molar-refractivity contribution in [2.75, 3.05) is 41.3 Å². The summed E-state index contributed by atoms with van der Waals surface area (Å²) in [6, 6.07) is 20.2. The Hall–Kier alpha value is -5.48. The standard InChI is InChI=1S/C44H44NO8.BrH/c1-6-9-28-11-14-38(33(21-28)29-12-15-37(47-3)31(22-29)10-7-2)50-19-8-20-51-42(46)25-35-32-13-16-39(48-4)44(49-5)36(32)26-45-18-17-30-23-40-41(53-27-52-40)24-34(30)43(35)45;/h6-7,11-16,21-24,26H,1-2,8-10,17-20,25,27H2,3-5H3;1H/q+1;/p-1. The molecule has 9 nitrogen and oxygen atoms in total. The molecular weight excluding hydrogens is 750 g/mol. The zero-order chi connectivity index (χ0) is 36.9. The van der Waals surface area contributed by atoms with E-state index in [0.29, 0.717) is 36.7 Å². The van der Waals surface area contributed by atoms with Crippen LogP contribution in [0.1, 0.15) is 28.7 Å². The van der Waals surface area contributed by atoms with Crippen molar-refractivity contribution < 1.29 is 59.5 Å². The van der Waals surface area contributed by atoms with E-state index in [1.807, 2.05) is 54.6 Å². The van der Waals surface area contributed by atoms with Crippen LogP contribution in [-0.2, 0) is 41.8 Å². The van der Waals surface area contributed by atoms with E-state index in [1.165, 1.54) is 0 Å². The molecule has 0 N–H and O–H groups in total. The molecule has 0 unspecified atom stereocenters. The Kier molecular flexibility index (Phi) is 12.1. The maximum Gasteiger partial charge on any atom is 0.310 e. The normalized spacial score (nSPS) is 12.2. The molecule has 3 heterocycles. The Morgan fingerprint density at radius 1 is 0.815 bits per heavy atom. The number of allylic oxidation sites excluding steroid dienone is 2. The molecule has 4 aromatic carbocycles. The molecular formula is C44H44BrNO8. The van der Waals surface area contributed by atoms with Crippen molar-refractivity contribution in [3.63, 3.8) is 0 Å². The van der Waals surface area contributed by atoms with Crippen LogP contribution >= 0.6 is 0 Å². The lowest BCUT2D eigenvalue weighted by atomic mass is 9.90. The summed E-state index contributed by atoms with van der Waals surface area (Å²) in [5.74, 6) is 3.92. The summed E-state index contributed by atoms with van der Waals surface area (Å²) in [5.41, 5.74) is 8.13. The highest BCUT2D eigenvalue weighted by atomic mass is 79.9. The summed E-state index contributed by atoms with van der Waals surface area (Å²) in [6.45, 7) is 9.30. The summed E-state index contributed by atoms with van der Waals surface area (Å²) in [6.07, 6.45) is 8.65. The molecule has 0 saturated carbocycles. The van der Waals surface area contributed by atoms with E-state index >= 15 is 0 Å². The Morgan fingerprint density at radius 2 is 1.57 bits per heavy atom. The van der Waals surface area contributed by atoms with Crippen molar-refractivity contribution >= 4 is 16.7 Å². The maximum absolute atomic E-state index is 13.6. The molecule has 54 heavy (non-hydrogen) atoms. The van der Waals surface area contributed by atoms with Crippen LogP contribution in [0.25, 0.3) is 33.2 Å². The van der Waals surface area contributed by atoms with E-state index in [1.54, 1.807) is 21.3 Å². The maximum atomic E-state index is 13.6. The molecule has 280 valence electrons. The highest BCUT2D eigenvalue weighted by Crippen LogP contribution is 2.44. The fourth-order valence-electron chi connectivity index (χ4n) is 7.29. The van der Waals surface area contributed by atoms with Crippen molar-refractivity contribution in [2.24, 2.45) is 0 Å². The van der Waals surface area contributed by atoms with Gasteiger partial charge in [0, 0.05) is 29.4 Å². The molecule has 0 atom stereocenters.